The van der Waals surface area contributed by atoms with E-state index in [1.165, 1.54) is 0 Å². The zero-order valence-corrected chi connectivity index (χ0v) is 17.9. The van der Waals surface area contributed by atoms with E-state index in [4.69, 9.17) is 4.74 Å². The van der Waals surface area contributed by atoms with Crippen molar-refractivity contribution >= 4 is 0 Å². The first-order valence-electron chi connectivity index (χ1n) is 10.8. The smallest absolute Gasteiger partial charge is 0.431 e. The normalized spacial score (nSPS) is 27.4. The lowest BCUT2D eigenvalue weighted by Crippen LogP contribution is -2.46. The predicted molar refractivity (Wildman–Crippen MR) is 101 cm³/mol. The average Bonchev–Trinajstić information content (AvgIpc) is 2.74. The fourth-order valence-electron chi connectivity index (χ4n) is 4.06. The average molecular weight is 489 g/mol. The molecule has 0 aromatic carbocycles. The molecule has 0 N–H and O–H groups in total. The number of nitrogens with zero attached hydrogens (tertiary/aromatic N) is 1. The maximum atomic E-state index is 14.5. The maximum absolute atomic E-state index is 14.5. The van der Waals surface area contributed by atoms with Crippen LogP contribution in [0.1, 0.15) is 51.1 Å². The number of halogens is 7. The van der Waals surface area contributed by atoms with Crippen LogP contribution < -0.4 is 4.74 Å². The van der Waals surface area contributed by atoms with E-state index in [-0.39, 0.29) is 5.75 Å². The third-order valence-corrected chi connectivity index (χ3v) is 5.76. The van der Waals surface area contributed by atoms with Crippen LogP contribution in [0, 0.1) is 11.8 Å². The van der Waals surface area contributed by atoms with E-state index in [2.05, 4.69) is 26.1 Å². The van der Waals surface area contributed by atoms with Crippen molar-refractivity contribution in [3.63, 3.8) is 0 Å². The minimum absolute atomic E-state index is 0.315. The lowest BCUT2D eigenvalue weighted by Gasteiger charge is -2.33. The Kier molecular flexibility index (Phi) is 8.11. The molecule has 1 aromatic rings. The van der Waals surface area contributed by atoms with Gasteiger partial charge in [0.15, 0.2) is 0 Å². The summed E-state index contributed by atoms with van der Waals surface area (Å²) in [6.45, 7) is 0.510. The van der Waals surface area contributed by atoms with E-state index in [0.29, 0.717) is 31.6 Å². The molecule has 1 saturated carbocycles. The third-order valence-electron chi connectivity index (χ3n) is 5.76. The van der Waals surface area contributed by atoms with Crippen LogP contribution in [0.3, 0.4) is 0 Å². The maximum Gasteiger partial charge on any atom is 0.440 e. The minimum atomic E-state index is -4.79. The van der Waals surface area contributed by atoms with Crippen LogP contribution in [0.2, 0.25) is 0 Å². The fourth-order valence-corrected chi connectivity index (χ4v) is 4.06. The first-order valence-corrected chi connectivity index (χ1v) is 10.8. The zero-order chi connectivity index (χ0) is 24.3. The van der Waals surface area contributed by atoms with Gasteiger partial charge in [-0.1, -0.05) is 19.8 Å². The van der Waals surface area contributed by atoms with Gasteiger partial charge in [-0.3, -0.25) is 0 Å². The molecule has 0 unspecified atom stereocenters. The van der Waals surface area contributed by atoms with Gasteiger partial charge in [0.2, 0.25) is 0 Å². The summed E-state index contributed by atoms with van der Waals surface area (Å²) in [4.78, 5) is 3.44. The van der Waals surface area contributed by atoms with Crippen molar-refractivity contribution < 1.29 is 49.7 Å². The van der Waals surface area contributed by atoms with Crippen LogP contribution in [-0.2, 0) is 20.3 Å². The highest BCUT2D eigenvalue weighted by Crippen LogP contribution is 2.41. The van der Waals surface area contributed by atoms with Gasteiger partial charge in [-0.15, -0.1) is 0 Å². The number of ether oxygens (including phenoxy) is 4. The lowest BCUT2D eigenvalue weighted by molar-refractivity contribution is -0.367. The van der Waals surface area contributed by atoms with Gasteiger partial charge in [0, 0.05) is 0 Å². The molecule has 188 valence electrons. The molecule has 1 aromatic heterocycles. The highest BCUT2D eigenvalue weighted by molar-refractivity contribution is 5.22. The van der Waals surface area contributed by atoms with Crippen molar-refractivity contribution in [1.29, 1.82) is 0 Å². The Morgan fingerprint density at radius 2 is 1.61 bits per heavy atom. The van der Waals surface area contributed by atoms with E-state index in [1.807, 2.05) is 0 Å². The van der Waals surface area contributed by atoms with Crippen molar-refractivity contribution in [2.24, 2.45) is 11.8 Å². The molecule has 0 atom stereocenters. The summed E-state index contributed by atoms with van der Waals surface area (Å²) in [6.07, 6.45) is -11.5. The van der Waals surface area contributed by atoms with Gasteiger partial charge >= 0.3 is 18.4 Å². The summed E-state index contributed by atoms with van der Waals surface area (Å²) in [6, 6.07) is 1.68. The van der Waals surface area contributed by atoms with Crippen LogP contribution in [0.4, 0.5) is 30.7 Å². The Labute approximate surface area is 186 Å². The van der Waals surface area contributed by atoms with Gasteiger partial charge in [0.05, 0.1) is 25.3 Å². The summed E-state index contributed by atoms with van der Waals surface area (Å²) in [5, 5.41) is 0. The number of pyridine rings is 1. The molecule has 0 spiro atoms. The summed E-state index contributed by atoms with van der Waals surface area (Å²) in [5.74, 6) is -0.918. The van der Waals surface area contributed by atoms with Crippen LogP contribution >= 0.6 is 0 Å². The highest BCUT2D eigenvalue weighted by Gasteiger charge is 2.47. The van der Waals surface area contributed by atoms with Gasteiger partial charge in [-0.2, -0.15) is 30.7 Å². The topological polar surface area (TPSA) is 49.8 Å². The fraction of sp³-hybridized carbons (Fsp3) is 0.762. The molecule has 0 radical (unpaired) electrons. The molecule has 12 heteroatoms. The molecule has 3 rings (SSSR count). The number of hydrogen-bond donors (Lipinski definition) is 0. The first-order chi connectivity index (χ1) is 15.4. The van der Waals surface area contributed by atoms with Gasteiger partial charge < -0.3 is 18.9 Å². The standard InChI is InChI=1S/C21H26F7NO4/c1-2-3-13-4-6-14(7-5-13)20(25,26)32-15-8-9-17(29-10-15)21(27,28)33-16-11-30-18(31-12-16)19(22,23)24/h8-10,13-14,16,18H,2-7,11-12H2,1H3. The molecule has 33 heavy (non-hydrogen) atoms. The van der Waals surface area contributed by atoms with Crippen molar-refractivity contribution in [2.75, 3.05) is 13.2 Å². The Morgan fingerprint density at radius 3 is 2.12 bits per heavy atom. The summed E-state index contributed by atoms with van der Waals surface area (Å²) < 4.78 is 113. The Balaban J connectivity index is 1.53. The molecule has 1 aliphatic carbocycles. The first kappa shape index (κ1) is 26.0. The van der Waals surface area contributed by atoms with Crippen LogP contribution in [-0.4, -0.2) is 42.9 Å². The van der Waals surface area contributed by atoms with E-state index >= 15 is 0 Å². The highest BCUT2D eigenvalue weighted by atomic mass is 19.4. The van der Waals surface area contributed by atoms with E-state index in [9.17, 15) is 30.7 Å². The molecule has 2 heterocycles. The molecular weight excluding hydrogens is 463 g/mol. The summed E-state index contributed by atoms with van der Waals surface area (Å²) in [7, 11) is 0. The molecule has 1 aliphatic heterocycles. The second-order valence-corrected chi connectivity index (χ2v) is 8.35. The monoisotopic (exact) mass is 489 g/mol. The molecule has 2 fully saturated rings. The molecule has 0 bridgehead atoms. The van der Waals surface area contributed by atoms with Gasteiger partial charge in [0.25, 0.3) is 6.29 Å². The van der Waals surface area contributed by atoms with Gasteiger partial charge in [-0.05, 0) is 43.7 Å². The van der Waals surface area contributed by atoms with Crippen LogP contribution in [0.5, 0.6) is 5.75 Å². The zero-order valence-electron chi connectivity index (χ0n) is 17.9. The molecular formula is C21H26F7NO4. The Bertz CT molecular complexity index is 744. The van der Waals surface area contributed by atoms with E-state index < -0.39 is 55.6 Å². The van der Waals surface area contributed by atoms with Gasteiger partial charge in [0.1, 0.15) is 17.5 Å². The second-order valence-electron chi connectivity index (χ2n) is 8.35. The molecule has 1 saturated heterocycles. The minimum Gasteiger partial charge on any atom is -0.431 e. The predicted octanol–water partition coefficient (Wildman–Crippen LogP) is 6.03. The quantitative estimate of drug-likeness (QED) is 0.418. The number of alkyl halides is 7. The number of aromatic nitrogens is 1. The third kappa shape index (κ3) is 6.92. The summed E-state index contributed by atoms with van der Waals surface area (Å²) in [5.41, 5.74) is -0.920. The van der Waals surface area contributed by atoms with Crippen LogP contribution in [0.15, 0.2) is 18.3 Å². The number of rotatable bonds is 8. The van der Waals surface area contributed by atoms with Crippen LogP contribution in [0.25, 0.3) is 0 Å². The Morgan fingerprint density at radius 1 is 0.970 bits per heavy atom. The summed E-state index contributed by atoms with van der Waals surface area (Å²) >= 11 is 0. The Hall–Kier alpha value is -1.66. The number of hydrogen-bond acceptors (Lipinski definition) is 5. The van der Waals surface area contributed by atoms with Crippen molar-refractivity contribution in [1.82, 2.24) is 4.98 Å². The molecule has 2 aliphatic rings. The second kappa shape index (κ2) is 10.3. The van der Waals surface area contributed by atoms with E-state index in [0.717, 1.165) is 31.2 Å². The SMILES string of the molecule is CCCC1CCC(C(F)(F)Oc2ccc(C(F)(F)OC3COC(C(F)(F)F)OC3)nc2)CC1. The van der Waals surface area contributed by atoms with Crippen molar-refractivity contribution in [3.05, 3.63) is 24.0 Å². The van der Waals surface area contributed by atoms with E-state index in [1.54, 1.807) is 0 Å². The van der Waals surface area contributed by atoms with Crippen molar-refractivity contribution in [3.8, 4) is 5.75 Å². The van der Waals surface area contributed by atoms with Crippen molar-refractivity contribution in [2.45, 2.75) is 76.2 Å². The lowest BCUT2D eigenvalue weighted by atomic mass is 9.79. The van der Waals surface area contributed by atoms with Gasteiger partial charge in [-0.25, -0.2) is 4.98 Å². The molecule has 0 amide bonds. The largest absolute Gasteiger partial charge is 0.440 e. The molecule has 5 nitrogen and oxygen atoms in total.